The first-order chi connectivity index (χ1) is 15.2. The second kappa shape index (κ2) is 15.1. The maximum atomic E-state index is 12.3. The van der Waals surface area contributed by atoms with E-state index in [0.717, 1.165) is 24.3 Å². The number of benzene rings is 2. The predicted octanol–water partition coefficient (Wildman–Crippen LogP) is 3.40. The Morgan fingerprint density at radius 1 is 0.742 bits per heavy atom. The molecule has 7 nitrogen and oxygen atoms in total. The van der Waals surface area contributed by atoms with Crippen molar-refractivity contribution in [1.29, 1.82) is 0 Å². The maximum absolute atomic E-state index is 12.3. The van der Waals surface area contributed by atoms with Crippen LogP contribution in [0.2, 0.25) is 0 Å². The standard InChI is InChI=1S/C24H33N3O4/c1-30-19-20-31-18-8-15-27(16-13-23(28)25-21-9-4-2-5-10-21)17-14-24(29)26-22-11-6-3-7-12-22/h2-7,9-12H,8,13-20H2,1H3,(H,25,28)(H,26,29). The van der Waals surface area contributed by atoms with Gasteiger partial charge in [0.2, 0.25) is 11.8 Å². The van der Waals surface area contributed by atoms with Crippen LogP contribution in [0.1, 0.15) is 19.3 Å². The summed E-state index contributed by atoms with van der Waals surface area (Å²) in [7, 11) is 1.64. The van der Waals surface area contributed by atoms with Crippen LogP contribution in [-0.2, 0) is 19.1 Å². The van der Waals surface area contributed by atoms with Gasteiger partial charge in [0.15, 0.2) is 0 Å². The van der Waals surface area contributed by atoms with Crippen LogP contribution >= 0.6 is 0 Å². The molecule has 7 heteroatoms. The minimum absolute atomic E-state index is 0.0405. The number of nitrogens with one attached hydrogen (secondary N) is 2. The molecule has 0 saturated carbocycles. The highest BCUT2D eigenvalue weighted by Gasteiger charge is 2.11. The first-order valence-electron chi connectivity index (χ1n) is 10.7. The minimum atomic E-state index is -0.0405. The Hall–Kier alpha value is -2.74. The van der Waals surface area contributed by atoms with Crippen molar-refractivity contribution in [3.8, 4) is 0 Å². The molecule has 0 bridgehead atoms. The Kier molecular flexibility index (Phi) is 12.0. The zero-order valence-corrected chi connectivity index (χ0v) is 18.2. The zero-order valence-electron chi connectivity index (χ0n) is 18.2. The number of ether oxygens (including phenoxy) is 2. The number of amides is 2. The van der Waals surface area contributed by atoms with E-state index in [9.17, 15) is 9.59 Å². The Labute approximate surface area is 184 Å². The van der Waals surface area contributed by atoms with Gasteiger partial charge in [-0.15, -0.1) is 0 Å². The Balaban J connectivity index is 1.77. The first kappa shape index (κ1) is 24.5. The lowest BCUT2D eigenvalue weighted by atomic mass is 10.2. The second-order valence-corrected chi connectivity index (χ2v) is 7.13. The van der Waals surface area contributed by atoms with Crippen molar-refractivity contribution < 1.29 is 19.1 Å². The van der Waals surface area contributed by atoms with Crippen molar-refractivity contribution in [3.63, 3.8) is 0 Å². The molecule has 2 aromatic rings. The number of hydrogen-bond acceptors (Lipinski definition) is 5. The van der Waals surface area contributed by atoms with E-state index >= 15 is 0 Å². The molecule has 2 N–H and O–H groups in total. The van der Waals surface area contributed by atoms with E-state index in [2.05, 4.69) is 15.5 Å². The number of anilines is 2. The summed E-state index contributed by atoms with van der Waals surface area (Å²) < 4.78 is 10.5. The molecule has 0 aliphatic rings. The normalized spacial score (nSPS) is 10.8. The summed E-state index contributed by atoms with van der Waals surface area (Å²) in [5, 5.41) is 5.80. The Bertz CT molecular complexity index is 698. The van der Waals surface area contributed by atoms with Gasteiger partial charge in [-0.2, -0.15) is 0 Å². The molecule has 0 unspecified atom stereocenters. The van der Waals surface area contributed by atoms with Crippen molar-refractivity contribution in [3.05, 3.63) is 60.7 Å². The summed E-state index contributed by atoms with van der Waals surface area (Å²) in [4.78, 5) is 26.7. The average Bonchev–Trinajstić information content (AvgIpc) is 2.78. The first-order valence-corrected chi connectivity index (χ1v) is 10.7. The van der Waals surface area contributed by atoms with E-state index in [1.165, 1.54) is 0 Å². The van der Waals surface area contributed by atoms with Crippen molar-refractivity contribution >= 4 is 23.2 Å². The van der Waals surface area contributed by atoms with Crippen molar-refractivity contribution in [2.45, 2.75) is 19.3 Å². The van der Waals surface area contributed by atoms with Gasteiger partial charge < -0.3 is 25.0 Å². The number of methoxy groups -OCH3 is 1. The van der Waals surface area contributed by atoms with Gasteiger partial charge in [-0.25, -0.2) is 0 Å². The molecule has 0 heterocycles. The highest BCUT2D eigenvalue weighted by atomic mass is 16.5. The van der Waals surface area contributed by atoms with Gasteiger partial charge in [-0.3, -0.25) is 9.59 Å². The SMILES string of the molecule is COCCOCCCN(CCC(=O)Nc1ccccc1)CCC(=O)Nc1ccccc1. The van der Waals surface area contributed by atoms with E-state index < -0.39 is 0 Å². The number of rotatable bonds is 15. The minimum Gasteiger partial charge on any atom is -0.382 e. The lowest BCUT2D eigenvalue weighted by Gasteiger charge is -2.22. The third-order valence-corrected chi connectivity index (χ3v) is 4.62. The van der Waals surface area contributed by atoms with Crippen molar-refractivity contribution in [2.24, 2.45) is 0 Å². The number of nitrogens with zero attached hydrogens (tertiary/aromatic N) is 1. The van der Waals surface area contributed by atoms with E-state index in [-0.39, 0.29) is 11.8 Å². The van der Waals surface area contributed by atoms with Gasteiger partial charge in [0.25, 0.3) is 0 Å². The highest BCUT2D eigenvalue weighted by molar-refractivity contribution is 5.91. The average molecular weight is 428 g/mol. The summed E-state index contributed by atoms with van der Waals surface area (Å²) in [6.45, 7) is 3.67. The van der Waals surface area contributed by atoms with E-state index in [1.54, 1.807) is 7.11 Å². The van der Waals surface area contributed by atoms with Crippen molar-refractivity contribution in [1.82, 2.24) is 4.90 Å². The molecule has 2 rings (SSSR count). The largest absolute Gasteiger partial charge is 0.382 e. The number of carbonyl (C=O) groups is 2. The summed E-state index contributed by atoms with van der Waals surface area (Å²) in [5.74, 6) is -0.0810. The molecule has 0 spiro atoms. The van der Waals surface area contributed by atoms with Gasteiger partial charge >= 0.3 is 0 Å². The van der Waals surface area contributed by atoms with Gasteiger partial charge in [0.05, 0.1) is 13.2 Å². The molecule has 0 aliphatic heterocycles. The fraction of sp³-hybridized carbons (Fsp3) is 0.417. The number of para-hydroxylation sites is 2. The van der Waals surface area contributed by atoms with E-state index in [0.29, 0.717) is 45.8 Å². The zero-order chi connectivity index (χ0) is 22.2. The molecule has 0 aliphatic carbocycles. The Morgan fingerprint density at radius 2 is 1.26 bits per heavy atom. The molecule has 2 amide bonds. The maximum Gasteiger partial charge on any atom is 0.225 e. The van der Waals surface area contributed by atoms with Crippen LogP contribution in [0, 0.1) is 0 Å². The quantitative estimate of drug-likeness (QED) is 0.426. The van der Waals surface area contributed by atoms with E-state index in [4.69, 9.17) is 9.47 Å². The summed E-state index contributed by atoms with van der Waals surface area (Å²) >= 11 is 0. The molecule has 31 heavy (non-hydrogen) atoms. The van der Waals surface area contributed by atoms with Crippen LogP contribution < -0.4 is 10.6 Å². The second-order valence-electron chi connectivity index (χ2n) is 7.13. The molecule has 0 atom stereocenters. The molecule has 0 fully saturated rings. The van der Waals surface area contributed by atoms with Crippen LogP contribution in [0.4, 0.5) is 11.4 Å². The van der Waals surface area contributed by atoms with Crippen molar-refractivity contribution in [2.75, 3.05) is 57.2 Å². The molecule has 2 aromatic carbocycles. The monoisotopic (exact) mass is 427 g/mol. The molecular formula is C24H33N3O4. The lowest BCUT2D eigenvalue weighted by molar-refractivity contribution is -0.116. The van der Waals surface area contributed by atoms with Crippen LogP contribution in [-0.4, -0.2) is 63.3 Å². The molecule has 0 radical (unpaired) electrons. The smallest absolute Gasteiger partial charge is 0.225 e. The van der Waals surface area contributed by atoms with Crippen LogP contribution in [0.15, 0.2) is 60.7 Å². The van der Waals surface area contributed by atoms with Gasteiger partial charge in [0.1, 0.15) is 0 Å². The van der Waals surface area contributed by atoms with Gasteiger partial charge in [0, 0.05) is 57.6 Å². The van der Waals surface area contributed by atoms with Gasteiger partial charge in [-0.1, -0.05) is 36.4 Å². The third kappa shape index (κ3) is 11.3. The molecular weight excluding hydrogens is 394 g/mol. The van der Waals surface area contributed by atoms with Crippen LogP contribution in [0.25, 0.3) is 0 Å². The van der Waals surface area contributed by atoms with Crippen LogP contribution in [0.3, 0.4) is 0 Å². The summed E-state index contributed by atoms with van der Waals surface area (Å²) in [6.07, 6.45) is 1.55. The fourth-order valence-corrected chi connectivity index (χ4v) is 2.98. The molecule has 0 aromatic heterocycles. The highest BCUT2D eigenvalue weighted by Crippen LogP contribution is 2.08. The Morgan fingerprint density at radius 3 is 1.74 bits per heavy atom. The summed E-state index contributed by atoms with van der Waals surface area (Å²) in [6, 6.07) is 18.8. The predicted molar refractivity (Wildman–Crippen MR) is 123 cm³/mol. The van der Waals surface area contributed by atoms with Crippen LogP contribution in [0.5, 0.6) is 0 Å². The third-order valence-electron chi connectivity index (χ3n) is 4.62. The topological polar surface area (TPSA) is 79.9 Å². The van der Waals surface area contributed by atoms with Gasteiger partial charge in [-0.05, 0) is 30.7 Å². The fourth-order valence-electron chi connectivity index (χ4n) is 2.98. The lowest BCUT2D eigenvalue weighted by Crippen LogP contribution is -2.32. The molecule has 0 saturated heterocycles. The number of carbonyl (C=O) groups excluding carboxylic acids is 2. The molecule has 168 valence electrons. The number of hydrogen-bond donors (Lipinski definition) is 2. The van der Waals surface area contributed by atoms with E-state index in [1.807, 2.05) is 60.7 Å². The summed E-state index contributed by atoms with van der Waals surface area (Å²) in [5.41, 5.74) is 1.57.